The molecule has 0 fully saturated rings. The fourth-order valence-corrected chi connectivity index (χ4v) is 2.00. The van der Waals surface area contributed by atoms with E-state index in [0.29, 0.717) is 22.2 Å². The molecule has 2 aromatic carbocycles. The number of ether oxygens (including phenoxy) is 1. The molecule has 0 saturated carbocycles. The van der Waals surface area contributed by atoms with Crippen LogP contribution in [0.3, 0.4) is 0 Å². The second-order valence-electron chi connectivity index (χ2n) is 4.20. The van der Waals surface area contributed by atoms with Gasteiger partial charge >= 0.3 is 0 Å². The third-order valence-corrected chi connectivity index (χ3v) is 3.09. The minimum Gasteiger partial charge on any atom is -0.438 e. The summed E-state index contributed by atoms with van der Waals surface area (Å²) in [6.45, 7) is 0. The van der Waals surface area contributed by atoms with Crippen LogP contribution in [0.4, 0.5) is 0 Å². The second-order valence-corrected chi connectivity index (χ2v) is 4.64. The maximum Gasteiger partial charge on any atom is 0.237 e. The van der Waals surface area contributed by atoms with Crippen LogP contribution in [0.25, 0.3) is 10.9 Å². The van der Waals surface area contributed by atoms with Crippen molar-refractivity contribution < 1.29 is 4.74 Å². The lowest BCUT2D eigenvalue weighted by Crippen LogP contribution is -1.93. The normalized spacial score (nSPS) is 10.2. The van der Waals surface area contributed by atoms with E-state index >= 15 is 0 Å². The van der Waals surface area contributed by atoms with Gasteiger partial charge in [-0.05, 0) is 36.4 Å². The molecule has 0 amide bonds. The smallest absolute Gasteiger partial charge is 0.237 e. The number of aromatic nitrogens is 1. The van der Waals surface area contributed by atoms with Gasteiger partial charge in [0.25, 0.3) is 0 Å². The summed E-state index contributed by atoms with van der Waals surface area (Å²) in [6.07, 6.45) is 0. The third-order valence-electron chi connectivity index (χ3n) is 2.84. The van der Waals surface area contributed by atoms with E-state index in [1.54, 1.807) is 30.3 Å². The Morgan fingerprint density at radius 3 is 2.55 bits per heavy atom. The minimum absolute atomic E-state index is 0.300. The number of pyridine rings is 1. The molecule has 3 rings (SSSR count). The molecule has 0 N–H and O–H groups in total. The van der Waals surface area contributed by atoms with Crippen molar-refractivity contribution in [3.63, 3.8) is 0 Å². The van der Waals surface area contributed by atoms with Crippen molar-refractivity contribution >= 4 is 22.5 Å². The number of hydrogen-bond acceptors (Lipinski definition) is 3. The molecule has 4 heteroatoms. The Hall–Kier alpha value is -2.57. The van der Waals surface area contributed by atoms with Crippen molar-refractivity contribution in [3.8, 4) is 17.7 Å². The Kier molecular flexibility index (Phi) is 3.24. The second kappa shape index (κ2) is 5.20. The van der Waals surface area contributed by atoms with Gasteiger partial charge in [0.05, 0.1) is 5.52 Å². The molecule has 1 heterocycles. The van der Waals surface area contributed by atoms with Gasteiger partial charge in [-0.2, -0.15) is 5.26 Å². The lowest BCUT2D eigenvalue weighted by atomic mass is 10.1. The van der Waals surface area contributed by atoms with E-state index in [1.165, 1.54) is 0 Å². The molecule has 20 heavy (non-hydrogen) atoms. The Bertz CT molecular complexity index is 807. The van der Waals surface area contributed by atoms with Gasteiger partial charge in [0.1, 0.15) is 17.4 Å². The quantitative estimate of drug-likeness (QED) is 0.691. The first kappa shape index (κ1) is 12.5. The van der Waals surface area contributed by atoms with Crippen molar-refractivity contribution in [2.24, 2.45) is 0 Å². The Balaban J connectivity index is 2.06. The summed E-state index contributed by atoms with van der Waals surface area (Å²) in [7, 11) is 0. The molecule has 0 bridgehead atoms. The number of halogens is 1. The first-order valence-corrected chi connectivity index (χ1v) is 6.37. The summed E-state index contributed by atoms with van der Waals surface area (Å²) >= 11 is 5.83. The monoisotopic (exact) mass is 280 g/mol. The van der Waals surface area contributed by atoms with Crippen LogP contribution in [0.5, 0.6) is 11.6 Å². The van der Waals surface area contributed by atoms with Crippen molar-refractivity contribution in [1.82, 2.24) is 4.98 Å². The number of hydrogen-bond donors (Lipinski definition) is 0. The highest BCUT2D eigenvalue weighted by Gasteiger charge is 2.08. The van der Waals surface area contributed by atoms with Gasteiger partial charge < -0.3 is 4.74 Å². The number of benzene rings is 2. The molecule has 0 aliphatic rings. The number of para-hydroxylation sites is 1. The van der Waals surface area contributed by atoms with Crippen molar-refractivity contribution in [1.29, 1.82) is 5.26 Å². The summed E-state index contributed by atoms with van der Waals surface area (Å²) in [5.74, 6) is 0.891. The van der Waals surface area contributed by atoms with Crippen molar-refractivity contribution in [3.05, 3.63) is 65.2 Å². The predicted octanol–water partition coefficient (Wildman–Crippen LogP) is 4.55. The van der Waals surface area contributed by atoms with E-state index in [4.69, 9.17) is 16.3 Å². The number of rotatable bonds is 2. The molecule has 0 unspecified atom stereocenters. The lowest BCUT2D eigenvalue weighted by Gasteiger charge is -2.07. The van der Waals surface area contributed by atoms with Gasteiger partial charge in [-0.15, -0.1) is 0 Å². The van der Waals surface area contributed by atoms with Gasteiger partial charge in [0.2, 0.25) is 5.88 Å². The molecular weight excluding hydrogens is 272 g/mol. The van der Waals surface area contributed by atoms with E-state index in [9.17, 15) is 5.26 Å². The van der Waals surface area contributed by atoms with Gasteiger partial charge in [-0.1, -0.05) is 29.8 Å². The highest BCUT2D eigenvalue weighted by molar-refractivity contribution is 6.30. The van der Waals surface area contributed by atoms with Crippen LogP contribution in [-0.4, -0.2) is 4.98 Å². The molecule has 0 radical (unpaired) electrons. The zero-order chi connectivity index (χ0) is 13.9. The summed E-state index contributed by atoms with van der Waals surface area (Å²) in [5, 5.41) is 10.7. The fraction of sp³-hybridized carbons (Fsp3) is 0. The fourth-order valence-electron chi connectivity index (χ4n) is 1.87. The van der Waals surface area contributed by atoms with Crippen LogP contribution in [0.1, 0.15) is 5.56 Å². The Morgan fingerprint density at radius 2 is 1.80 bits per heavy atom. The van der Waals surface area contributed by atoms with Gasteiger partial charge in [0.15, 0.2) is 0 Å². The van der Waals surface area contributed by atoms with Crippen LogP contribution in [0.2, 0.25) is 5.02 Å². The Labute approximate surface area is 121 Å². The molecule has 0 aliphatic heterocycles. The van der Waals surface area contributed by atoms with Gasteiger partial charge in [-0.3, -0.25) is 0 Å². The maximum absolute atomic E-state index is 9.21. The van der Waals surface area contributed by atoms with E-state index in [-0.39, 0.29) is 0 Å². The molecular formula is C16H9ClN2O. The van der Waals surface area contributed by atoms with E-state index in [1.807, 2.05) is 24.3 Å². The average Bonchev–Trinajstić information content (AvgIpc) is 2.49. The van der Waals surface area contributed by atoms with E-state index in [2.05, 4.69) is 11.1 Å². The minimum atomic E-state index is 0.300. The first-order valence-electron chi connectivity index (χ1n) is 5.99. The average molecular weight is 281 g/mol. The zero-order valence-corrected chi connectivity index (χ0v) is 11.1. The van der Waals surface area contributed by atoms with Crippen LogP contribution in [0.15, 0.2) is 54.6 Å². The molecule has 1 aromatic heterocycles. The van der Waals surface area contributed by atoms with Gasteiger partial charge in [-0.25, -0.2) is 4.98 Å². The lowest BCUT2D eigenvalue weighted by molar-refractivity contribution is 0.463. The number of nitrogens with zero attached hydrogens (tertiary/aromatic N) is 2. The first-order chi connectivity index (χ1) is 9.76. The molecule has 0 saturated heterocycles. The Morgan fingerprint density at radius 1 is 1.05 bits per heavy atom. The topological polar surface area (TPSA) is 45.9 Å². The summed E-state index contributed by atoms with van der Waals surface area (Å²) < 4.78 is 5.67. The van der Waals surface area contributed by atoms with E-state index < -0.39 is 0 Å². The highest BCUT2D eigenvalue weighted by Crippen LogP contribution is 2.27. The third kappa shape index (κ3) is 2.42. The molecule has 0 aliphatic carbocycles. The molecule has 3 nitrogen and oxygen atoms in total. The number of nitriles is 1. The molecule has 0 spiro atoms. The van der Waals surface area contributed by atoms with Crippen LogP contribution < -0.4 is 4.74 Å². The van der Waals surface area contributed by atoms with Crippen LogP contribution in [-0.2, 0) is 0 Å². The van der Waals surface area contributed by atoms with Crippen molar-refractivity contribution in [2.45, 2.75) is 0 Å². The predicted molar refractivity (Wildman–Crippen MR) is 78.0 cm³/mol. The highest BCUT2D eigenvalue weighted by atomic mass is 35.5. The largest absolute Gasteiger partial charge is 0.438 e. The van der Waals surface area contributed by atoms with Crippen LogP contribution in [0, 0.1) is 11.3 Å². The van der Waals surface area contributed by atoms with E-state index in [0.717, 1.165) is 10.9 Å². The SMILES string of the molecule is N#Cc1cc2ccccc2nc1Oc1ccc(Cl)cc1. The molecule has 96 valence electrons. The summed E-state index contributed by atoms with van der Waals surface area (Å²) in [6, 6.07) is 18.4. The summed E-state index contributed by atoms with van der Waals surface area (Å²) in [5.41, 5.74) is 1.19. The number of fused-ring (bicyclic) bond motifs is 1. The van der Waals surface area contributed by atoms with Gasteiger partial charge in [0, 0.05) is 10.4 Å². The molecule has 0 atom stereocenters. The standard InChI is InChI=1S/C16H9ClN2O/c17-13-5-7-14(8-6-13)20-16-12(10-18)9-11-3-1-2-4-15(11)19-16/h1-9H. The van der Waals surface area contributed by atoms with Crippen molar-refractivity contribution in [2.75, 3.05) is 0 Å². The zero-order valence-electron chi connectivity index (χ0n) is 10.4. The maximum atomic E-state index is 9.21. The van der Waals surface area contributed by atoms with Crippen LogP contribution >= 0.6 is 11.6 Å². The summed E-state index contributed by atoms with van der Waals surface area (Å²) in [4.78, 5) is 4.39. The molecule has 3 aromatic rings.